The van der Waals surface area contributed by atoms with Crippen molar-refractivity contribution in [1.29, 1.82) is 5.26 Å². The number of carbonyl (C=O) groups excluding carboxylic acids is 1. The van der Waals surface area contributed by atoms with E-state index >= 15 is 0 Å². The van der Waals surface area contributed by atoms with Crippen LogP contribution in [0.3, 0.4) is 0 Å². The Bertz CT molecular complexity index is 1290. The maximum absolute atomic E-state index is 14.2. The van der Waals surface area contributed by atoms with Gasteiger partial charge in [-0.1, -0.05) is 17.7 Å². The SMILES string of the molecule is N#Cc1nc(-c2c(F)cccc2Cl)[nH]c1-c1ccc(C(=O)Nc2ccc(F)cc2)nc1. The first-order valence-corrected chi connectivity index (χ1v) is 9.32. The number of benzene rings is 2. The number of aromatic nitrogens is 3. The van der Waals surface area contributed by atoms with Gasteiger partial charge < -0.3 is 10.3 Å². The summed E-state index contributed by atoms with van der Waals surface area (Å²) in [6.07, 6.45) is 1.39. The van der Waals surface area contributed by atoms with Gasteiger partial charge in [-0.15, -0.1) is 0 Å². The molecular weight excluding hydrogens is 424 g/mol. The van der Waals surface area contributed by atoms with Gasteiger partial charge in [-0.05, 0) is 48.5 Å². The van der Waals surface area contributed by atoms with Gasteiger partial charge in [0.25, 0.3) is 5.91 Å². The Labute approximate surface area is 180 Å². The molecule has 0 aliphatic heterocycles. The van der Waals surface area contributed by atoms with Crippen molar-refractivity contribution in [3.05, 3.63) is 88.8 Å². The van der Waals surface area contributed by atoms with Crippen LogP contribution >= 0.6 is 11.6 Å². The summed E-state index contributed by atoms with van der Waals surface area (Å²) >= 11 is 6.09. The smallest absolute Gasteiger partial charge is 0.274 e. The lowest BCUT2D eigenvalue weighted by atomic mass is 10.1. The van der Waals surface area contributed by atoms with Crippen LogP contribution in [0.2, 0.25) is 5.02 Å². The molecule has 1 amide bonds. The fourth-order valence-electron chi connectivity index (χ4n) is 2.91. The van der Waals surface area contributed by atoms with Gasteiger partial charge in [0.1, 0.15) is 29.2 Å². The van der Waals surface area contributed by atoms with E-state index in [0.29, 0.717) is 16.9 Å². The second kappa shape index (κ2) is 8.34. The number of nitrogens with one attached hydrogen (secondary N) is 2. The van der Waals surface area contributed by atoms with Crippen LogP contribution in [0.25, 0.3) is 22.6 Å². The molecule has 0 atom stereocenters. The number of hydrogen-bond donors (Lipinski definition) is 2. The highest BCUT2D eigenvalue weighted by Gasteiger charge is 2.18. The van der Waals surface area contributed by atoms with Crippen molar-refractivity contribution in [3.8, 4) is 28.7 Å². The van der Waals surface area contributed by atoms with Gasteiger partial charge in [-0.2, -0.15) is 5.26 Å². The first kappa shape index (κ1) is 20.2. The Morgan fingerprint density at radius 1 is 1.10 bits per heavy atom. The van der Waals surface area contributed by atoms with E-state index in [1.54, 1.807) is 6.07 Å². The number of rotatable bonds is 4. The van der Waals surface area contributed by atoms with Crippen LogP contribution in [0, 0.1) is 23.0 Å². The first-order valence-electron chi connectivity index (χ1n) is 8.94. The first-order chi connectivity index (χ1) is 15.0. The summed E-state index contributed by atoms with van der Waals surface area (Å²) in [4.78, 5) is 23.5. The summed E-state index contributed by atoms with van der Waals surface area (Å²) < 4.78 is 27.2. The van der Waals surface area contributed by atoms with Crippen LogP contribution in [-0.2, 0) is 0 Å². The molecule has 31 heavy (non-hydrogen) atoms. The Morgan fingerprint density at radius 3 is 2.52 bits per heavy atom. The maximum atomic E-state index is 14.2. The summed E-state index contributed by atoms with van der Waals surface area (Å²) in [6, 6.07) is 14.5. The van der Waals surface area contributed by atoms with Gasteiger partial charge in [0.05, 0.1) is 16.3 Å². The molecule has 0 aliphatic carbocycles. The minimum atomic E-state index is -0.580. The molecule has 0 spiro atoms. The molecule has 2 heterocycles. The van der Waals surface area contributed by atoms with Crippen LogP contribution in [0.4, 0.5) is 14.5 Å². The van der Waals surface area contributed by atoms with Crippen molar-refractivity contribution in [1.82, 2.24) is 15.0 Å². The number of nitrogens with zero attached hydrogens (tertiary/aromatic N) is 3. The van der Waals surface area contributed by atoms with E-state index in [1.165, 1.54) is 54.7 Å². The fourth-order valence-corrected chi connectivity index (χ4v) is 3.16. The van der Waals surface area contributed by atoms with Crippen molar-refractivity contribution in [3.63, 3.8) is 0 Å². The van der Waals surface area contributed by atoms with E-state index in [1.807, 2.05) is 6.07 Å². The highest BCUT2D eigenvalue weighted by atomic mass is 35.5. The average molecular weight is 436 g/mol. The molecule has 2 aromatic heterocycles. The molecule has 2 N–H and O–H groups in total. The third-order valence-corrected chi connectivity index (χ3v) is 4.71. The minimum absolute atomic E-state index is 0.0274. The Hall–Kier alpha value is -4.09. The zero-order valence-corrected chi connectivity index (χ0v) is 16.4. The number of anilines is 1. The number of nitriles is 1. The van der Waals surface area contributed by atoms with Crippen LogP contribution in [0.1, 0.15) is 16.2 Å². The number of aromatic amines is 1. The van der Waals surface area contributed by atoms with Crippen LogP contribution in [0.15, 0.2) is 60.8 Å². The average Bonchev–Trinajstić information content (AvgIpc) is 3.19. The zero-order chi connectivity index (χ0) is 22.0. The summed E-state index contributed by atoms with van der Waals surface area (Å²) in [5.41, 5.74) is 1.40. The van der Waals surface area contributed by atoms with E-state index in [-0.39, 0.29) is 27.8 Å². The van der Waals surface area contributed by atoms with Crippen LogP contribution < -0.4 is 5.32 Å². The van der Waals surface area contributed by atoms with Crippen LogP contribution in [0.5, 0.6) is 0 Å². The number of halogens is 3. The number of imidazole rings is 1. The normalized spacial score (nSPS) is 10.5. The molecule has 0 unspecified atom stereocenters. The largest absolute Gasteiger partial charge is 0.337 e. The molecule has 2 aromatic carbocycles. The van der Waals surface area contributed by atoms with E-state index in [9.17, 15) is 18.8 Å². The van der Waals surface area contributed by atoms with Gasteiger partial charge in [0.2, 0.25) is 0 Å². The minimum Gasteiger partial charge on any atom is -0.337 e. The number of amides is 1. The summed E-state index contributed by atoms with van der Waals surface area (Å²) in [5.74, 6) is -1.37. The molecule has 0 saturated carbocycles. The lowest BCUT2D eigenvalue weighted by Gasteiger charge is -2.05. The van der Waals surface area contributed by atoms with Crippen molar-refractivity contribution >= 4 is 23.2 Å². The molecule has 0 fully saturated rings. The van der Waals surface area contributed by atoms with Crippen molar-refractivity contribution in [2.75, 3.05) is 5.32 Å². The molecule has 0 aliphatic rings. The Kier molecular flexibility index (Phi) is 5.43. The van der Waals surface area contributed by atoms with Crippen molar-refractivity contribution < 1.29 is 13.6 Å². The molecule has 6 nitrogen and oxygen atoms in total. The number of H-pyrrole nitrogens is 1. The van der Waals surface area contributed by atoms with Crippen molar-refractivity contribution in [2.45, 2.75) is 0 Å². The number of carbonyl (C=O) groups is 1. The number of pyridine rings is 1. The van der Waals surface area contributed by atoms with Gasteiger partial charge in [0, 0.05) is 17.4 Å². The lowest BCUT2D eigenvalue weighted by molar-refractivity contribution is 0.102. The molecule has 0 saturated heterocycles. The number of hydrogen-bond acceptors (Lipinski definition) is 4. The third-order valence-electron chi connectivity index (χ3n) is 4.40. The van der Waals surface area contributed by atoms with Crippen LogP contribution in [-0.4, -0.2) is 20.9 Å². The van der Waals surface area contributed by atoms with E-state index in [0.717, 1.165) is 0 Å². The van der Waals surface area contributed by atoms with E-state index < -0.39 is 17.5 Å². The molecule has 4 rings (SSSR count). The van der Waals surface area contributed by atoms with Gasteiger partial charge in [0.15, 0.2) is 5.69 Å². The predicted molar refractivity (Wildman–Crippen MR) is 111 cm³/mol. The highest BCUT2D eigenvalue weighted by molar-refractivity contribution is 6.33. The topological polar surface area (TPSA) is 94.5 Å². The Balaban J connectivity index is 1.62. The lowest BCUT2D eigenvalue weighted by Crippen LogP contribution is -2.13. The van der Waals surface area contributed by atoms with E-state index in [2.05, 4.69) is 20.3 Å². The summed E-state index contributed by atoms with van der Waals surface area (Å²) in [5, 5.41) is 12.2. The zero-order valence-electron chi connectivity index (χ0n) is 15.7. The monoisotopic (exact) mass is 435 g/mol. The molecule has 152 valence electrons. The van der Waals surface area contributed by atoms with Gasteiger partial charge >= 0.3 is 0 Å². The standard InChI is InChI=1S/C22H12ClF2N5O/c23-15-2-1-3-16(25)19(15)21-29-18(10-26)20(30-21)12-4-9-17(27-11-12)22(31)28-14-7-5-13(24)6-8-14/h1-9,11H,(H,28,31)(H,29,30). The molecular formula is C22H12ClF2N5O. The maximum Gasteiger partial charge on any atom is 0.274 e. The molecule has 9 heteroatoms. The second-order valence-corrected chi connectivity index (χ2v) is 6.82. The van der Waals surface area contributed by atoms with E-state index in [4.69, 9.17) is 11.6 Å². The molecule has 0 radical (unpaired) electrons. The fraction of sp³-hybridized carbons (Fsp3) is 0. The molecule has 4 aromatic rings. The second-order valence-electron chi connectivity index (χ2n) is 6.41. The Morgan fingerprint density at radius 2 is 1.87 bits per heavy atom. The third kappa shape index (κ3) is 4.13. The predicted octanol–water partition coefficient (Wildman–Crippen LogP) is 5.19. The quantitative estimate of drug-likeness (QED) is 0.461. The summed E-state index contributed by atoms with van der Waals surface area (Å²) in [7, 11) is 0. The van der Waals surface area contributed by atoms with Gasteiger partial charge in [-0.3, -0.25) is 9.78 Å². The van der Waals surface area contributed by atoms with Gasteiger partial charge in [-0.25, -0.2) is 13.8 Å². The highest BCUT2D eigenvalue weighted by Crippen LogP contribution is 2.31. The van der Waals surface area contributed by atoms with Crippen molar-refractivity contribution in [2.24, 2.45) is 0 Å². The molecule has 0 bridgehead atoms. The summed E-state index contributed by atoms with van der Waals surface area (Å²) in [6.45, 7) is 0.